The Bertz CT molecular complexity index is 646. The maximum Gasteiger partial charge on any atom is 0.261 e. The second-order valence-electron chi connectivity index (χ2n) is 6.46. The molecule has 1 aliphatic carbocycles. The Hall–Kier alpha value is -1.95. The van der Waals surface area contributed by atoms with Crippen molar-refractivity contribution in [1.82, 2.24) is 10.3 Å². The molecule has 0 aromatic carbocycles. The molecule has 2 rings (SSSR count). The maximum atomic E-state index is 12.2. The minimum atomic E-state index is -0.505. The smallest absolute Gasteiger partial charge is 0.261 e. The lowest BCUT2D eigenvalue weighted by molar-refractivity contribution is 0.0910. The van der Waals surface area contributed by atoms with Crippen molar-refractivity contribution in [3.8, 4) is 0 Å². The summed E-state index contributed by atoms with van der Waals surface area (Å²) < 4.78 is 0. The zero-order chi connectivity index (χ0) is 15.8. The molecule has 6 nitrogen and oxygen atoms in total. The fourth-order valence-corrected chi connectivity index (χ4v) is 2.56. The molecule has 0 spiro atoms. The highest BCUT2D eigenvalue weighted by Crippen LogP contribution is 2.33. The number of nitrogens with one attached hydrogen (secondary N) is 2. The molecule has 6 heteroatoms. The van der Waals surface area contributed by atoms with Crippen LogP contribution in [0.4, 0.5) is 0 Å². The Morgan fingerprint density at radius 2 is 2.10 bits per heavy atom. The number of pyridine rings is 1. The van der Waals surface area contributed by atoms with Crippen LogP contribution in [0, 0.1) is 5.41 Å². The topological polar surface area (TPSA) is 105 Å². The average molecular weight is 291 g/mol. The van der Waals surface area contributed by atoms with Crippen LogP contribution >= 0.6 is 0 Å². The molecule has 0 unspecified atom stereocenters. The summed E-state index contributed by atoms with van der Waals surface area (Å²) in [6, 6.07) is 1.17. The normalized spacial score (nSPS) is 18.0. The van der Waals surface area contributed by atoms with E-state index >= 15 is 0 Å². The van der Waals surface area contributed by atoms with Gasteiger partial charge in [-0.2, -0.15) is 0 Å². The number of amides is 1. The Balaban J connectivity index is 2.40. The first-order chi connectivity index (χ1) is 9.73. The number of aromatic amines is 1. The first-order valence-corrected chi connectivity index (χ1v) is 7.04. The summed E-state index contributed by atoms with van der Waals surface area (Å²) in [6.45, 7) is 5.99. The first-order valence-electron chi connectivity index (χ1n) is 7.04. The van der Waals surface area contributed by atoms with Gasteiger partial charge in [-0.25, -0.2) is 0 Å². The number of carbonyl (C=O) groups is 2. The Morgan fingerprint density at radius 1 is 1.43 bits per heavy atom. The molecule has 4 N–H and O–H groups in total. The monoisotopic (exact) mass is 291 g/mol. The second kappa shape index (κ2) is 5.44. The van der Waals surface area contributed by atoms with Gasteiger partial charge >= 0.3 is 0 Å². The zero-order valence-corrected chi connectivity index (χ0v) is 12.6. The molecule has 0 fully saturated rings. The SMILES string of the molecule is C[C@@H](CN)NC(=O)c1cc2c([nH]c1=O)CC(C)(C)CC2=O. The zero-order valence-electron chi connectivity index (χ0n) is 12.6. The van der Waals surface area contributed by atoms with E-state index in [2.05, 4.69) is 10.3 Å². The number of carbonyl (C=O) groups excluding carboxylic acids is 2. The van der Waals surface area contributed by atoms with Crippen LogP contribution in [-0.4, -0.2) is 29.3 Å². The van der Waals surface area contributed by atoms with E-state index in [1.165, 1.54) is 6.07 Å². The van der Waals surface area contributed by atoms with Crippen molar-refractivity contribution in [2.24, 2.45) is 11.1 Å². The molecule has 1 aliphatic rings. The van der Waals surface area contributed by atoms with E-state index in [4.69, 9.17) is 5.73 Å². The van der Waals surface area contributed by atoms with Gasteiger partial charge in [0.05, 0.1) is 0 Å². The van der Waals surface area contributed by atoms with Crippen LogP contribution in [0.15, 0.2) is 10.9 Å². The van der Waals surface area contributed by atoms with E-state index in [1.807, 2.05) is 13.8 Å². The van der Waals surface area contributed by atoms with Gasteiger partial charge in [-0.05, 0) is 24.8 Å². The van der Waals surface area contributed by atoms with Crippen LogP contribution in [0.5, 0.6) is 0 Å². The van der Waals surface area contributed by atoms with Gasteiger partial charge in [0.1, 0.15) is 5.56 Å². The van der Waals surface area contributed by atoms with E-state index < -0.39 is 11.5 Å². The van der Waals surface area contributed by atoms with Crippen molar-refractivity contribution >= 4 is 11.7 Å². The molecule has 114 valence electrons. The predicted molar refractivity (Wildman–Crippen MR) is 79.5 cm³/mol. The minimum Gasteiger partial charge on any atom is -0.348 e. The van der Waals surface area contributed by atoms with Gasteiger partial charge in [-0.3, -0.25) is 14.4 Å². The van der Waals surface area contributed by atoms with Crippen LogP contribution in [0.25, 0.3) is 0 Å². The van der Waals surface area contributed by atoms with Crippen LogP contribution < -0.4 is 16.6 Å². The number of hydrogen-bond donors (Lipinski definition) is 3. The first kappa shape index (κ1) is 15.4. The molecule has 0 saturated carbocycles. The fraction of sp³-hybridized carbons (Fsp3) is 0.533. The predicted octanol–water partition coefficient (Wildman–Crippen LogP) is 0.607. The van der Waals surface area contributed by atoms with E-state index in [1.54, 1.807) is 6.92 Å². The maximum absolute atomic E-state index is 12.2. The number of ketones is 1. The van der Waals surface area contributed by atoms with Crippen molar-refractivity contribution in [3.05, 3.63) is 33.2 Å². The molecular weight excluding hydrogens is 270 g/mol. The lowest BCUT2D eigenvalue weighted by Gasteiger charge is -2.29. The van der Waals surface area contributed by atoms with Crippen molar-refractivity contribution < 1.29 is 9.59 Å². The molecule has 1 aromatic heterocycles. The number of rotatable bonds is 3. The van der Waals surface area contributed by atoms with E-state index in [-0.39, 0.29) is 29.3 Å². The van der Waals surface area contributed by atoms with Gasteiger partial charge in [0, 0.05) is 30.3 Å². The third kappa shape index (κ3) is 3.21. The standard InChI is InChI=1S/C15H21N3O3/c1-8(7-16)17-13(20)10-4-9-11(18-14(10)21)5-15(2,3)6-12(9)19/h4,8H,5-7,16H2,1-3H3,(H,17,20)(H,18,21)/t8-/m0/s1. The van der Waals surface area contributed by atoms with Gasteiger partial charge in [-0.1, -0.05) is 13.8 Å². The Morgan fingerprint density at radius 3 is 2.71 bits per heavy atom. The number of H-pyrrole nitrogens is 1. The number of Topliss-reactive ketones (excluding diaryl/α,β-unsaturated/α-hetero) is 1. The average Bonchev–Trinajstić information content (AvgIpc) is 2.36. The fourth-order valence-electron chi connectivity index (χ4n) is 2.56. The summed E-state index contributed by atoms with van der Waals surface area (Å²) in [7, 11) is 0. The molecule has 0 saturated heterocycles. The van der Waals surface area contributed by atoms with Crippen LogP contribution in [0.3, 0.4) is 0 Å². The van der Waals surface area contributed by atoms with E-state index in [0.717, 1.165) is 0 Å². The third-order valence-electron chi connectivity index (χ3n) is 3.69. The van der Waals surface area contributed by atoms with Crippen LogP contribution in [-0.2, 0) is 6.42 Å². The van der Waals surface area contributed by atoms with Gasteiger partial charge in [0.25, 0.3) is 11.5 Å². The van der Waals surface area contributed by atoms with Crippen molar-refractivity contribution in [2.45, 2.75) is 39.7 Å². The molecule has 0 bridgehead atoms. The molecule has 21 heavy (non-hydrogen) atoms. The minimum absolute atomic E-state index is 0.0397. The highest BCUT2D eigenvalue weighted by atomic mass is 16.2. The van der Waals surface area contributed by atoms with E-state index in [0.29, 0.717) is 24.1 Å². The Kier molecular flexibility index (Phi) is 4.00. The molecule has 1 amide bonds. The largest absolute Gasteiger partial charge is 0.348 e. The third-order valence-corrected chi connectivity index (χ3v) is 3.69. The number of nitrogens with two attached hydrogens (primary N) is 1. The summed E-state index contributed by atoms with van der Waals surface area (Å²) in [4.78, 5) is 39.0. The highest BCUT2D eigenvalue weighted by Gasteiger charge is 2.32. The molecule has 0 aliphatic heterocycles. The van der Waals surface area contributed by atoms with Gasteiger partial charge < -0.3 is 16.0 Å². The quantitative estimate of drug-likeness (QED) is 0.758. The number of aromatic nitrogens is 1. The van der Waals surface area contributed by atoms with Crippen LogP contribution in [0.2, 0.25) is 0 Å². The van der Waals surface area contributed by atoms with Crippen LogP contribution in [0.1, 0.15) is 53.6 Å². The second-order valence-corrected chi connectivity index (χ2v) is 6.46. The number of hydrogen-bond acceptors (Lipinski definition) is 4. The van der Waals surface area contributed by atoms with E-state index in [9.17, 15) is 14.4 Å². The Labute approximate surface area is 123 Å². The number of fused-ring (bicyclic) bond motifs is 1. The summed E-state index contributed by atoms with van der Waals surface area (Å²) >= 11 is 0. The molecule has 1 heterocycles. The van der Waals surface area contributed by atoms with Gasteiger partial charge in [-0.15, -0.1) is 0 Å². The lowest BCUT2D eigenvalue weighted by Crippen LogP contribution is -2.41. The summed E-state index contributed by atoms with van der Waals surface area (Å²) in [6.07, 6.45) is 1.02. The van der Waals surface area contributed by atoms with Crippen molar-refractivity contribution in [1.29, 1.82) is 0 Å². The molecule has 1 aromatic rings. The lowest BCUT2D eigenvalue weighted by atomic mass is 9.75. The summed E-state index contributed by atoms with van der Waals surface area (Å²) in [5.74, 6) is -0.548. The highest BCUT2D eigenvalue weighted by molar-refractivity contribution is 6.02. The van der Waals surface area contributed by atoms with Gasteiger partial charge in [0.15, 0.2) is 5.78 Å². The molecule has 1 atom stereocenters. The van der Waals surface area contributed by atoms with Crippen molar-refractivity contribution in [3.63, 3.8) is 0 Å². The molecular formula is C15H21N3O3. The summed E-state index contributed by atoms with van der Waals surface area (Å²) in [5, 5.41) is 2.63. The van der Waals surface area contributed by atoms with Crippen molar-refractivity contribution in [2.75, 3.05) is 6.54 Å². The summed E-state index contributed by atoms with van der Waals surface area (Å²) in [5.41, 5.74) is 5.82. The van der Waals surface area contributed by atoms with Gasteiger partial charge in [0.2, 0.25) is 0 Å². The molecule has 0 radical (unpaired) electrons.